The second kappa shape index (κ2) is 8.11. The van der Waals surface area contributed by atoms with Crippen LogP contribution in [0.2, 0.25) is 0 Å². The van der Waals surface area contributed by atoms with Crippen LogP contribution >= 0.6 is 0 Å². The summed E-state index contributed by atoms with van der Waals surface area (Å²) in [6.45, 7) is 2.23. The van der Waals surface area contributed by atoms with Crippen LogP contribution in [0.25, 0.3) is 5.57 Å². The van der Waals surface area contributed by atoms with Gasteiger partial charge in [0.25, 0.3) is 0 Å². The standard InChI is InChI=1S/C19H24F2/c1-2-3-4-5-6-7-15-8-10-16(11-9-15)17-12-18(20)14-19(21)13-17/h8,10,12-14H,2-7,9,11H2,1H3. The van der Waals surface area contributed by atoms with Crippen LogP contribution in [-0.2, 0) is 0 Å². The lowest BCUT2D eigenvalue weighted by atomic mass is 9.91. The maximum absolute atomic E-state index is 13.2. The van der Waals surface area contributed by atoms with Gasteiger partial charge in [0.1, 0.15) is 11.6 Å². The van der Waals surface area contributed by atoms with Crippen molar-refractivity contribution >= 4 is 5.57 Å². The molecule has 1 aromatic carbocycles. The van der Waals surface area contributed by atoms with Crippen molar-refractivity contribution in [2.24, 2.45) is 0 Å². The van der Waals surface area contributed by atoms with E-state index in [4.69, 9.17) is 0 Å². The van der Waals surface area contributed by atoms with Crippen LogP contribution in [0.3, 0.4) is 0 Å². The molecule has 0 nitrogen and oxygen atoms in total. The molecule has 21 heavy (non-hydrogen) atoms. The van der Waals surface area contributed by atoms with Crippen LogP contribution in [0.5, 0.6) is 0 Å². The van der Waals surface area contributed by atoms with E-state index in [0.29, 0.717) is 5.56 Å². The van der Waals surface area contributed by atoms with Gasteiger partial charge in [0.15, 0.2) is 0 Å². The highest BCUT2D eigenvalue weighted by Gasteiger charge is 2.10. The van der Waals surface area contributed by atoms with E-state index in [2.05, 4.69) is 13.0 Å². The Kier molecular flexibility index (Phi) is 6.16. The molecule has 1 aliphatic rings. The van der Waals surface area contributed by atoms with Crippen LogP contribution in [0, 0.1) is 11.6 Å². The molecule has 0 amide bonds. The summed E-state index contributed by atoms with van der Waals surface area (Å²) >= 11 is 0. The van der Waals surface area contributed by atoms with E-state index >= 15 is 0 Å². The maximum Gasteiger partial charge on any atom is 0.126 e. The molecule has 2 rings (SSSR count). The topological polar surface area (TPSA) is 0 Å². The van der Waals surface area contributed by atoms with Crippen molar-refractivity contribution in [2.75, 3.05) is 0 Å². The first-order valence-electron chi connectivity index (χ1n) is 8.04. The van der Waals surface area contributed by atoms with E-state index in [0.717, 1.165) is 30.9 Å². The molecule has 0 radical (unpaired) electrons. The first kappa shape index (κ1) is 15.9. The molecule has 0 unspecified atom stereocenters. The Bertz CT molecular complexity index is 506. The fourth-order valence-electron chi connectivity index (χ4n) is 2.82. The molecule has 1 aromatic rings. The zero-order chi connectivity index (χ0) is 15.1. The monoisotopic (exact) mass is 290 g/mol. The van der Waals surface area contributed by atoms with Gasteiger partial charge in [-0.2, -0.15) is 0 Å². The Morgan fingerprint density at radius 2 is 1.57 bits per heavy atom. The normalized spacial score (nSPS) is 14.8. The quantitative estimate of drug-likeness (QED) is 0.508. The highest BCUT2D eigenvalue weighted by atomic mass is 19.1. The van der Waals surface area contributed by atoms with Crippen molar-refractivity contribution in [2.45, 2.75) is 58.3 Å². The Labute approximate surface area is 126 Å². The number of halogens is 2. The van der Waals surface area contributed by atoms with Crippen molar-refractivity contribution in [3.05, 3.63) is 53.1 Å². The van der Waals surface area contributed by atoms with Crippen LogP contribution < -0.4 is 0 Å². The zero-order valence-corrected chi connectivity index (χ0v) is 12.8. The van der Waals surface area contributed by atoms with Gasteiger partial charge in [0.2, 0.25) is 0 Å². The van der Waals surface area contributed by atoms with Gasteiger partial charge in [-0.3, -0.25) is 0 Å². The Balaban J connectivity index is 1.90. The summed E-state index contributed by atoms with van der Waals surface area (Å²) in [5, 5.41) is 0. The molecule has 114 valence electrons. The fraction of sp³-hybridized carbons (Fsp3) is 0.474. The van der Waals surface area contributed by atoms with Crippen LogP contribution in [0.1, 0.15) is 63.9 Å². The zero-order valence-electron chi connectivity index (χ0n) is 12.8. The predicted octanol–water partition coefficient (Wildman–Crippen LogP) is 6.43. The van der Waals surface area contributed by atoms with Crippen molar-refractivity contribution in [1.82, 2.24) is 0 Å². The van der Waals surface area contributed by atoms with Gasteiger partial charge >= 0.3 is 0 Å². The third kappa shape index (κ3) is 5.11. The molecule has 0 bridgehead atoms. The van der Waals surface area contributed by atoms with Crippen molar-refractivity contribution in [3.8, 4) is 0 Å². The molecular formula is C19H24F2. The first-order valence-corrected chi connectivity index (χ1v) is 8.04. The van der Waals surface area contributed by atoms with E-state index in [1.807, 2.05) is 6.08 Å². The average Bonchev–Trinajstić information content (AvgIpc) is 2.47. The van der Waals surface area contributed by atoms with Crippen LogP contribution in [0.4, 0.5) is 8.78 Å². The number of unbranched alkanes of at least 4 members (excludes halogenated alkanes) is 4. The minimum absolute atomic E-state index is 0.503. The summed E-state index contributed by atoms with van der Waals surface area (Å²) in [5.41, 5.74) is 3.17. The number of hydrogen-bond acceptors (Lipinski definition) is 0. The van der Waals surface area contributed by atoms with Gasteiger partial charge in [-0.15, -0.1) is 0 Å². The molecule has 0 aromatic heterocycles. The summed E-state index contributed by atoms with van der Waals surface area (Å²) in [5.74, 6) is -1.01. The molecule has 2 heteroatoms. The average molecular weight is 290 g/mol. The Hall–Kier alpha value is -1.44. The minimum Gasteiger partial charge on any atom is -0.207 e. The molecule has 0 saturated heterocycles. The number of benzene rings is 1. The van der Waals surface area contributed by atoms with Crippen molar-refractivity contribution < 1.29 is 8.78 Å². The molecule has 0 saturated carbocycles. The second-order valence-corrected chi connectivity index (χ2v) is 5.84. The molecule has 0 atom stereocenters. The van der Waals surface area contributed by atoms with Gasteiger partial charge in [-0.1, -0.05) is 50.3 Å². The molecule has 0 aliphatic heterocycles. The summed E-state index contributed by atoms with van der Waals surface area (Å²) in [7, 11) is 0. The van der Waals surface area contributed by atoms with E-state index in [1.165, 1.54) is 49.8 Å². The van der Waals surface area contributed by atoms with E-state index in [1.54, 1.807) is 0 Å². The molecule has 0 spiro atoms. The number of rotatable bonds is 7. The molecule has 0 N–H and O–H groups in total. The molecule has 0 heterocycles. The van der Waals surface area contributed by atoms with E-state index in [9.17, 15) is 8.78 Å². The van der Waals surface area contributed by atoms with E-state index in [-0.39, 0.29) is 0 Å². The third-order valence-electron chi connectivity index (χ3n) is 4.07. The lowest BCUT2D eigenvalue weighted by Gasteiger charge is -2.15. The number of hydrogen-bond donors (Lipinski definition) is 0. The predicted molar refractivity (Wildman–Crippen MR) is 85.0 cm³/mol. The summed E-state index contributed by atoms with van der Waals surface area (Å²) in [6.07, 6.45) is 13.7. The van der Waals surface area contributed by atoms with Gasteiger partial charge in [0.05, 0.1) is 0 Å². The molecular weight excluding hydrogens is 266 g/mol. The Morgan fingerprint density at radius 1 is 0.857 bits per heavy atom. The summed E-state index contributed by atoms with van der Waals surface area (Å²) < 4.78 is 26.5. The summed E-state index contributed by atoms with van der Waals surface area (Å²) in [4.78, 5) is 0. The number of allylic oxidation sites excluding steroid dienone is 4. The van der Waals surface area contributed by atoms with Crippen LogP contribution in [-0.4, -0.2) is 0 Å². The van der Waals surface area contributed by atoms with Gasteiger partial charge in [-0.05, 0) is 49.0 Å². The minimum atomic E-state index is -0.503. The fourth-order valence-corrected chi connectivity index (χ4v) is 2.82. The third-order valence-corrected chi connectivity index (χ3v) is 4.07. The first-order chi connectivity index (χ1) is 10.2. The van der Waals surface area contributed by atoms with Crippen LogP contribution in [0.15, 0.2) is 35.9 Å². The Morgan fingerprint density at radius 3 is 2.19 bits per heavy atom. The van der Waals surface area contributed by atoms with Crippen molar-refractivity contribution in [1.29, 1.82) is 0 Å². The molecule has 1 aliphatic carbocycles. The second-order valence-electron chi connectivity index (χ2n) is 5.84. The molecule has 0 fully saturated rings. The largest absolute Gasteiger partial charge is 0.207 e. The van der Waals surface area contributed by atoms with E-state index < -0.39 is 11.6 Å². The van der Waals surface area contributed by atoms with Crippen molar-refractivity contribution in [3.63, 3.8) is 0 Å². The lowest BCUT2D eigenvalue weighted by molar-refractivity contribution is 0.582. The lowest BCUT2D eigenvalue weighted by Crippen LogP contribution is -1.96. The van der Waals surface area contributed by atoms with Gasteiger partial charge in [0, 0.05) is 6.07 Å². The van der Waals surface area contributed by atoms with Gasteiger partial charge < -0.3 is 0 Å². The highest BCUT2D eigenvalue weighted by Crippen LogP contribution is 2.29. The highest BCUT2D eigenvalue weighted by molar-refractivity contribution is 5.68. The van der Waals surface area contributed by atoms with Gasteiger partial charge in [-0.25, -0.2) is 8.78 Å². The smallest absolute Gasteiger partial charge is 0.126 e. The maximum atomic E-state index is 13.2. The summed E-state index contributed by atoms with van der Waals surface area (Å²) in [6, 6.07) is 3.75. The SMILES string of the molecule is CCCCCCCC1=CC=C(c2cc(F)cc(F)c2)CC1.